The summed E-state index contributed by atoms with van der Waals surface area (Å²) in [5.74, 6) is -0.0965. The first-order valence-corrected chi connectivity index (χ1v) is 7.56. The number of carbonyl (C=O) groups is 2. The van der Waals surface area contributed by atoms with Crippen LogP contribution in [0, 0.1) is 11.3 Å². The smallest absolute Gasteiger partial charge is 0.327 e. The lowest BCUT2D eigenvalue weighted by Crippen LogP contribution is -2.49. The van der Waals surface area contributed by atoms with Crippen molar-refractivity contribution < 1.29 is 14.7 Å². The van der Waals surface area contributed by atoms with Crippen molar-refractivity contribution in [2.24, 2.45) is 0 Å². The zero-order valence-corrected chi connectivity index (χ0v) is 12.0. The summed E-state index contributed by atoms with van der Waals surface area (Å²) < 4.78 is 0. The van der Waals surface area contributed by atoms with Crippen LogP contribution in [-0.2, 0) is 9.59 Å². The second-order valence-electron chi connectivity index (χ2n) is 4.53. The summed E-state index contributed by atoms with van der Waals surface area (Å²) >= 11 is 1.54. The van der Waals surface area contributed by atoms with E-state index in [0.717, 1.165) is 11.3 Å². The Bertz CT molecular complexity index is 604. The number of benzene rings is 1. The molecule has 0 spiro atoms. The largest absolute Gasteiger partial charge is 0.480 e. The number of nitriles is 1. The van der Waals surface area contributed by atoms with E-state index in [9.17, 15) is 9.59 Å². The van der Waals surface area contributed by atoms with E-state index in [0.29, 0.717) is 17.9 Å². The van der Waals surface area contributed by atoms with Crippen LogP contribution in [0.15, 0.2) is 30.3 Å². The molecule has 1 saturated heterocycles. The SMILES string of the molecule is N#Cc1ccc(/C=C/C(=O)N2CCSCC2C(=O)O)cc1. The van der Waals surface area contributed by atoms with Crippen molar-refractivity contribution in [3.63, 3.8) is 0 Å². The number of carboxylic acid groups (broad SMARTS) is 1. The average molecular weight is 302 g/mol. The van der Waals surface area contributed by atoms with Crippen LogP contribution in [-0.4, -0.2) is 46.0 Å². The van der Waals surface area contributed by atoms with E-state index in [4.69, 9.17) is 10.4 Å². The first-order chi connectivity index (χ1) is 10.1. The van der Waals surface area contributed by atoms with Gasteiger partial charge < -0.3 is 10.0 Å². The summed E-state index contributed by atoms with van der Waals surface area (Å²) in [6, 6.07) is 8.08. The zero-order chi connectivity index (χ0) is 15.2. The van der Waals surface area contributed by atoms with Gasteiger partial charge in [0.2, 0.25) is 5.91 Å². The monoisotopic (exact) mass is 302 g/mol. The number of rotatable bonds is 3. The van der Waals surface area contributed by atoms with Gasteiger partial charge in [-0.25, -0.2) is 4.79 Å². The maximum atomic E-state index is 12.1. The molecule has 0 aromatic heterocycles. The fraction of sp³-hybridized carbons (Fsp3) is 0.267. The predicted octanol–water partition coefficient (Wildman–Crippen LogP) is 1.60. The molecule has 21 heavy (non-hydrogen) atoms. The molecule has 5 nitrogen and oxygen atoms in total. The number of carbonyl (C=O) groups excluding carboxylic acids is 1. The van der Waals surface area contributed by atoms with Gasteiger partial charge in [0, 0.05) is 24.1 Å². The lowest BCUT2D eigenvalue weighted by molar-refractivity contribution is -0.147. The molecule has 1 aliphatic rings. The standard InChI is InChI=1S/C15H14N2O3S/c16-9-12-3-1-11(2-4-12)5-6-14(18)17-7-8-21-10-13(17)15(19)20/h1-6,13H,7-8,10H2,(H,19,20)/b6-5+. The summed E-state index contributed by atoms with van der Waals surface area (Å²) in [4.78, 5) is 24.7. The van der Waals surface area contributed by atoms with Crippen molar-refractivity contribution in [1.29, 1.82) is 5.26 Å². The molecule has 108 valence electrons. The van der Waals surface area contributed by atoms with Crippen LogP contribution in [0.2, 0.25) is 0 Å². The third-order valence-electron chi connectivity index (χ3n) is 3.15. The molecule has 0 radical (unpaired) electrons. The molecule has 1 N–H and O–H groups in total. The molecule has 1 aromatic carbocycles. The van der Waals surface area contributed by atoms with Crippen molar-refractivity contribution in [3.05, 3.63) is 41.5 Å². The lowest BCUT2D eigenvalue weighted by Gasteiger charge is -2.31. The van der Waals surface area contributed by atoms with Crippen molar-refractivity contribution in [2.45, 2.75) is 6.04 Å². The highest BCUT2D eigenvalue weighted by atomic mass is 32.2. The first kappa shape index (κ1) is 15.1. The minimum absolute atomic E-state index is 0.299. The minimum atomic E-state index is -0.970. The van der Waals surface area contributed by atoms with Crippen LogP contribution in [0.3, 0.4) is 0 Å². The second-order valence-corrected chi connectivity index (χ2v) is 5.68. The number of hydrogen-bond donors (Lipinski definition) is 1. The van der Waals surface area contributed by atoms with E-state index < -0.39 is 12.0 Å². The van der Waals surface area contributed by atoms with E-state index in [-0.39, 0.29) is 5.91 Å². The fourth-order valence-electron chi connectivity index (χ4n) is 2.00. The van der Waals surface area contributed by atoms with Gasteiger partial charge in [-0.1, -0.05) is 12.1 Å². The molecule has 1 unspecified atom stereocenters. The summed E-state index contributed by atoms with van der Waals surface area (Å²) in [7, 11) is 0. The van der Waals surface area contributed by atoms with Crippen molar-refractivity contribution >= 4 is 29.7 Å². The van der Waals surface area contributed by atoms with Crippen molar-refractivity contribution in [1.82, 2.24) is 4.90 Å². The predicted molar refractivity (Wildman–Crippen MR) is 80.7 cm³/mol. The van der Waals surface area contributed by atoms with Gasteiger partial charge in [-0.15, -0.1) is 0 Å². The number of nitrogens with zero attached hydrogens (tertiary/aromatic N) is 2. The van der Waals surface area contributed by atoms with E-state index in [2.05, 4.69) is 0 Å². The van der Waals surface area contributed by atoms with Gasteiger partial charge in [-0.2, -0.15) is 17.0 Å². The Hall–Kier alpha value is -2.26. The van der Waals surface area contributed by atoms with E-state index >= 15 is 0 Å². The number of thioether (sulfide) groups is 1. The Labute approximate surface area is 126 Å². The summed E-state index contributed by atoms with van der Waals surface area (Å²) in [5, 5.41) is 17.9. The molecule has 1 amide bonds. The highest BCUT2D eigenvalue weighted by Gasteiger charge is 2.31. The molecule has 1 aliphatic heterocycles. The van der Waals surface area contributed by atoms with Gasteiger partial charge in [0.05, 0.1) is 11.6 Å². The van der Waals surface area contributed by atoms with Crippen LogP contribution >= 0.6 is 11.8 Å². The zero-order valence-electron chi connectivity index (χ0n) is 11.2. The number of amides is 1. The Morgan fingerprint density at radius 3 is 2.71 bits per heavy atom. The molecular weight excluding hydrogens is 288 g/mol. The average Bonchev–Trinajstić information content (AvgIpc) is 2.53. The van der Waals surface area contributed by atoms with Gasteiger partial charge in [0.15, 0.2) is 0 Å². The summed E-state index contributed by atoms with van der Waals surface area (Å²) in [5.41, 5.74) is 1.35. The van der Waals surface area contributed by atoms with Crippen molar-refractivity contribution in [3.8, 4) is 6.07 Å². The molecule has 2 rings (SSSR count). The molecule has 0 bridgehead atoms. The minimum Gasteiger partial charge on any atom is -0.480 e. The molecule has 0 aliphatic carbocycles. The van der Waals surface area contributed by atoms with Gasteiger partial charge >= 0.3 is 5.97 Å². The highest BCUT2D eigenvalue weighted by Crippen LogP contribution is 2.17. The quantitative estimate of drug-likeness (QED) is 0.858. The van der Waals surface area contributed by atoms with Crippen LogP contribution in [0.25, 0.3) is 6.08 Å². The Balaban J connectivity index is 2.06. The Morgan fingerprint density at radius 2 is 2.10 bits per heavy atom. The van der Waals surface area contributed by atoms with E-state index in [1.807, 2.05) is 6.07 Å². The molecule has 6 heteroatoms. The third kappa shape index (κ3) is 3.86. The maximum absolute atomic E-state index is 12.1. The van der Waals surface area contributed by atoms with Gasteiger partial charge in [-0.3, -0.25) is 4.79 Å². The highest BCUT2D eigenvalue weighted by molar-refractivity contribution is 7.99. The number of aliphatic carboxylic acids is 1. The topological polar surface area (TPSA) is 81.4 Å². The number of hydrogen-bond acceptors (Lipinski definition) is 4. The van der Waals surface area contributed by atoms with E-state index in [1.54, 1.807) is 42.1 Å². The summed E-state index contributed by atoms with van der Waals surface area (Å²) in [6.45, 7) is 0.443. The van der Waals surface area contributed by atoms with Crippen LogP contribution in [0.1, 0.15) is 11.1 Å². The van der Waals surface area contributed by atoms with Crippen LogP contribution in [0.5, 0.6) is 0 Å². The summed E-state index contributed by atoms with van der Waals surface area (Å²) in [6.07, 6.45) is 3.01. The molecule has 1 heterocycles. The molecule has 1 aromatic rings. The first-order valence-electron chi connectivity index (χ1n) is 6.41. The van der Waals surface area contributed by atoms with Crippen LogP contribution < -0.4 is 0 Å². The molecule has 1 atom stereocenters. The normalized spacial score (nSPS) is 18.4. The van der Waals surface area contributed by atoms with Gasteiger partial charge in [-0.05, 0) is 23.8 Å². The fourth-order valence-corrected chi connectivity index (χ4v) is 3.04. The Morgan fingerprint density at radius 1 is 1.38 bits per heavy atom. The third-order valence-corrected chi connectivity index (χ3v) is 4.18. The van der Waals surface area contributed by atoms with Crippen LogP contribution in [0.4, 0.5) is 0 Å². The maximum Gasteiger partial charge on any atom is 0.327 e. The second kappa shape index (κ2) is 6.95. The molecule has 0 saturated carbocycles. The van der Waals surface area contributed by atoms with E-state index in [1.165, 1.54) is 11.0 Å². The van der Waals surface area contributed by atoms with Crippen molar-refractivity contribution in [2.75, 3.05) is 18.1 Å². The van der Waals surface area contributed by atoms with Gasteiger partial charge in [0.1, 0.15) is 6.04 Å². The van der Waals surface area contributed by atoms with Gasteiger partial charge in [0.25, 0.3) is 0 Å². The Kier molecular flexibility index (Phi) is 5.01. The molecule has 1 fully saturated rings. The molecular formula is C15H14N2O3S. The lowest BCUT2D eigenvalue weighted by atomic mass is 10.1. The number of carboxylic acids is 1.